The zero-order valence-electron chi connectivity index (χ0n) is 9.99. The Morgan fingerprint density at radius 1 is 1.05 bits per heavy atom. The SMILES string of the molecule is O=c1[nH][nH]c(=O)c2c(NCc3cc[nH]c3)cccc12. The molecule has 2 heterocycles. The minimum Gasteiger partial charge on any atom is -0.380 e. The monoisotopic (exact) mass is 256 g/mol. The molecule has 0 spiro atoms. The minimum absolute atomic E-state index is 0.306. The van der Waals surface area contributed by atoms with Crippen LogP contribution < -0.4 is 16.4 Å². The molecule has 0 aliphatic heterocycles. The van der Waals surface area contributed by atoms with E-state index in [-0.39, 0.29) is 11.1 Å². The zero-order chi connectivity index (χ0) is 13.2. The number of H-pyrrole nitrogens is 3. The molecule has 19 heavy (non-hydrogen) atoms. The first kappa shape index (κ1) is 11.3. The number of fused-ring (bicyclic) bond motifs is 1. The van der Waals surface area contributed by atoms with Gasteiger partial charge in [-0.25, -0.2) is 0 Å². The maximum absolute atomic E-state index is 11.8. The van der Waals surface area contributed by atoms with Gasteiger partial charge >= 0.3 is 0 Å². The molecule has 0 saturated heterocycles. The van der Waals surface area contributed by atoms with Gasteiger partial charge < -0.3 is 10.3 Å². The predicted molar refractivity (Wildman–Crippen MR) is 73.3 cm³/mol. The largest absolute Gasteiger partial charge is 0.380 e. The topological polar surface area (TPSA) is 93.5 Å². The van der Waals surface area contributed by atoms with Crippen LogP contribution in [0.5, 0.6) is 0 Å². The molecule has 0 saturated carbocycles. The quantitative estimate of drug-likeness (QED) is 0.566. The predicted octanol–water partition coefficient (Wildman–Crippen LogP) is 1.16. The van der Waals surface area contributed by atoms with E-state index in [1.807, 2.05) is 18.5 Å². The van der Waals surface area contributed by atoms with E-state index in [0.29, 0.717) is 23.0 Å². The second-order valence-electron chi connectivity index (χ2n) is 4.21. The summed E-state index contributed by atoms with van der Waals surface area (Å²) in [6.45, 7) is 0.578. The lowest BCUT2D eigenvalue weighted by atomic mass is 10.1. The van der Waals surface area contributed by atoms with Crippen LogP contribution in [0.25, 0.3) is 10.8 Å². The van der Waals surface area contributed by atoms with Crippen LogP contribution >= 0.6 is 0 Å². The van der Waals surface area contributed by atoms with E-state index in [1.165, 1.54) is 0 Å². The van der Waals surface area contributed by atoms with Gasteiger partial charge in [-0.2, -0.15) is 0 Å². The molecule has 6 heteroatoms. The summed E-state index contributed by atoms with van der Waals surface area (Å²) in [4.78, 5) is 26.5. The van der Waals surface area contributed by atoms with Crippen LogP contribution in [0, 0.1) is 0 Å². The molecule has 96 valence electrons. The molecule has 0 bridgehead atoms. The lowest BCUT2D eigenvalue weighted by Gasteiger charge is -2.07. The summed E-state index contributed by atoms with van der Waals surface area (Å²) >= 11 is 0. The van der Waals surface area contributed by atoms with Gasteiger partial charge in [-0.1, -0.05) is 6.07 Å². The van der Waals surface area contributed by atoms with Crippen molar-refractivity contribution in [1.29, 1.82) is 0 Å². The highest BCUT2D eigenvalue weighted by molar-refractivity contribution is 5.92. The molecular formula is C13H12N4O2. The number of aromatic nitrogens is 3. The van der Waals surface area contributed by atoms with Crippen LogP contribution in [0.2, 0.25) is 0 Å². The van der Waals surface area contributed by atoms with Gasteiger partial charge in [-0.3, -0.25) is 19.8 Å². The first-order valence-electron chi connectivity index (χ1n) is 5.85. The first-order valence-corrected chi connectivity index (χ1v) is 5.85. The molecule has 0 amide bonds. The third kappa shape index (κ3) is 2.03. The Kier molecular flexibility index (Phi) is 2.68. The normalized spacial score (nSPS) is 10.7. The Morgan fingerprint density at radius 2 is 1.89 bits per heavy atom. The van der Waals surface area contributed by atoms with Crippen LogP contribution in [-0.2, 0) is 6.54 Å². The Hall–Kier alpha value is -2.76. The lowest BCUT2D eigenvalue weighted by molar-refractivity contribution is 0.976. The van der Waals surface area contributed by atoms with Crippen LogP contribution in [-0.4, -0.2) is 15.2 Å². The third-order valence-corrected chi connectivity index (χ3v) is 2.97. The Morgan fingerprint density at radius 3 is 2.68 bits per heavy atom. The number of anilines is 1. The van der Waals surface area contributed by atoms with E-state index in [2.05, 4.69) is 20.5 Å². The number of rotatable bonds is 3. The summed E-state index contributed by atoms with van der Waals surface area (Å²) in [5, 5.41) is 8.57. The second kappa shape index (κ2) is 4.49. The van der Waals surface area contributed by atoms with Crippen molar-refractivity contribution in [2.24, 2.45) is 0 Å². The number of hydrogen-bond donors (Lipinski definition) is 4. The maximum atomic E-state index is 11.8. The number of aromatic amines is 3. The smallest absolute Gasteiger partial charge is 0.272 e. The molecule has 0 fully saturated rings. The number of benzene rings is 1. The van der Waals surface area contributed by atoms with Crippen molar-refractivity contribution in [3.8, 4) is 0 Å². The van der Waals surface area contributed by atoms with E-state index < -0.39 is 0 Å². The van der Waals surface area contributed by atoms with E-state index in [0.717, 1.165) is 5.56 Å². The van der Waals surface area contributed by atoms with Crippen molar-refractivity contribution >= 4 is 16.5 Å². The van der Waals surface area contributed by atoms with Crippen LogP contribution in [0.3, 0.4) is 0 Å². The highest BCUT2D eigenvalue weighted by Gasteiger charge is 2.07. The van der Waals surface area contributed by atoms with Crippen LogP contribution in [0.4, 0.5) is 5.69 Å². The van der Waals surface area contributed by atoms with Gasteiger partial charge in [0.1, 0.15) is 0 Å². The van der Waals surface area contributed by atoms with Gasteiger partial charge in [0.15, 0.2) is 0 Å². The second-order valence-corrected chi connectivity index (χ2v) is 4.21. The first-order chi connectivity index (χ1) is 9.25. The molecule has 1 aromatic carbocycles. The molecule has 0 atom stereocenters. The highest BCUT2D eigenvalue weighted by atomic mass is 16.1. The van der Waals surface area contributed by atoms with Crippen LogP contribution in [0.15, 0.2) is 46.2 Å². The van der Waals surface area contributed by atoms with Crippen molar-refractivity contribution in [2.45, 2.75) is 6.54 Å². The van der Waals surface area contributed by atoms with Gasteiger partial charge in [-0.05, 0) is 23.8 Å². The van der Waals surface area contributed by atoms with E-state index in [9.17, 15) is 9.59 Å². The van der Waals surface area contributed by atoms with Gasteiger partial charge in [0, 0.05) is 24.6 Å². The van der Waals surface area contributed by atoms with Gasteiger partial charge in [-0.15, -0.1) is 0 Å². The fraction of sp³-hybridized carbons (Fsp3) is 0.0769. The lowest BCUT2D eigenvalue weighted by Crippen LogP contribution is -2.20. The summed E-state index contributed by atoms with van der Waals surface area (Å²) in [7, 11) is 0. The molecule has 0 radical (unpaired) electrons. The molecular weight excluding hydrogens is 244 g/mol. The fourth-order valence-corrected chi connectivity index (χ4v) is 2.04. The van der Waals surface area contributed by atoms with E-state index in [1.54, 1.807) is 18.2 Å². The van der Waals surface area contributed by atoms with Gasteiger partial charge in [0.2, 0.25) is 0 Å². The fourth-order valence-electron chi connectivity index (χ4n) is 2.04. The molecule has 0 unspecified atom stereocenters. The molecule has 4 N–H and O–H groups in total. The van der Waals surface area contributed by atoms with Gasteiger partial charge in [0.25, 0.3) is 11.1 Å². The molecule has 3 rings (SSSR count). The minimum atomic E-state index is -0.313. The summed E-state index contributed by atoms with van der Waals surface area (Å²) in [6.07, 6.45) is 3.70. The van der Waals surface area contributed by atoms with Gasteiger partial charge in [0.05, 0.1) is 10.8 Å². The van der Waals surface area contributed by atoms with Crippen molar-refractivity contribution in [1.82, 2.24) is 15.2 Å². The average molecular weight is 256 g/mol. The zero-order valence-corrected chi connectivity index (χ0v) is 9.99. The summed E-state index contributed by atoms with van der Waals surface area (Å²) < 4.78 is 0. The van der Waals surface area contributed by atoms with E-state index in [4.69, 9.17) is 0 Å². The third-order valence-electron chi connectivity index (χ3n) is 2.97. The summed E-state index contributed by atoms with van der Waals surface area (Å²) in [6, 6.07) is 7.10. The number of nitrogens with one attached hydrogen (secondary N) is 4. The molecule has 0 aliphatic carbocycles. The number of hydrogen-bond acceptors (Lipinski definition) is 3. The van der Waals surface area contributed by atoms with E-state index >= 15 is 0 Å². The Bertz CT molecular complexity index is 815. The summed E-state index contributed by atoms with van der Waals surface area (Å²) in [5.74, 6) is 0. The molecule has 3 aromatic rings. The van der Waals surface area contributed by atoms with Crippen molar-refractivity contribution in [3.63, 3.8) is 0 Å². The van der Waals surface area contributed by atoms with Crippen LogP contribution in [0.1, 0.15) is 5.56 Å². The maximum Gasteiger partial charge on any atom is 0.272 e. The Balaban J connectivity index is 2.06. The van der Waals surface area contributed by atoms with Crippen molar-refractivity contribution in [3.05, 3.63) is 62.9 Å². The summed E-state index contributed by atoms with van der Waals surface area (Å²) in [5.41, 5.74) is 1.09. The molecule has 6 nitrogen and oxygen atoms in total. The molecule has 0 aliphatic rings. The molecule has 2 aromatic heterocycles. The standard InChI is InChI=1S/C13H12N4O2/c18-12-9-2-1-3-10(11(9)13(19)17-16-12)15-7-8-4-5-14-6-8/h1-6,14-15H,7H2,(H,16,18)(H,17,19). The Labute approximate surface area is 107 Å². The van der Waals surface area contributed by atoms with Crippen molar-refractivity contribution < 1.29 is 0 Å². The average Bonchev–Trinajstić information content (AvgIpc) is 2.94. The van der Waals surface area contributed by atoms with Crippen molar-refractivity contribution in [2.75, 3.05) is 5.32 Å². The highest BCUT2D eigenvalue weighted by Crippen LogP contribution is 2.17.